The molecule has 0 unspecified atom stereocenters. The van der Waals surface area contributed by atoms with E-state index >= 15 is 0 Å². The van der Waals surface area contributed by atoms with Crippen molar-refractivity contribution in [1.82, 2.24) is 10.6 Å². The first-order valence-corrected chi connectivity index (χ1v) is 6.10. The van der Waals surface area contributed by atoms with E-state index < -0.39 is 6.04 Å². The highest BCUT2D eigenvalue weighted by Crippen LogP contribution is 2.20. The van der Waals surface area contributed by atoms with E-state index in [9.17, 15) is 9.59 Å². The Morgan fingerprint density at radius 3 is 2.89 bits per heavy atom. The molecular weight excluding hydrogens is 254 g/mol. The Balaban J connectivity index is 1.92. The topological polar surface area (TPSA) is 70.2 Å². The molecule has 0 bridgehead atoms. The van der Waals surface area contributed by atoms with Crippen molar-refractivity contribution in [2.75, 3.05) is 18.4 Å². The van der Waals surface area contributed by atoms with E-state index in [1.54, 1.807) is 24.3 Å². The van der Waals surface area contributed by atoms with Gasteiger partial charge in [0.1, 0.15) is 0 Å². The Kier molecular flexibility index (Phi) is 4.17. The number of benzene rings is 1. The monoisotopic (exact) mass is 267 g/mol. The second-order valence-electron chi connectivity index (χ2n) is 4.03. The number of halogens is 1. The first kappa shape index (κ1) is 12.9. The number of carbonyl (C=O) groups is 2. The van der Waals surface area contributed by atoms with Gasteiger partial charge in [0, 0.05) is 13.1 Å². The van der Waals surface area contributed by atoms with Gasteiger partial charge in [0.25, 0.3) is 0 Å². The van der Waals surface area contributed by atoms with Gasteiger partial charge in [-0.25, -0.2) is 0 Å². The van der Waals surface area contributed by atoms with Crippen LogP contribution in [0.3, 0.4) is 0 Å². The molecule has 0 radical (unpaired) electrons. The largest absolute Gasteiger partial charge is 0.353 e. The molecule has 1 heterocycles. The molecule has 1 aromatic rings. The maximum atomic E-state index is 11.8. The Morgan fingerprint density at radius 2 is 2.17 bits per heavy atom. The van der Waals surface area contributed by atoms with Crippen LogP contribution in [0.1, 0.15) is 6.42 Å². The van der Waals surface area contributed by atoms with E-state index in [0.717, 1.165) is 0 Å². The molecule has 1 atom stereocenters. The minimum absolute atomic E-state index is 0.0943. The van der Waals surface area contributed by atoms with Gasteiger partial charge in [-0.15, -0.1) is 0 Å². The lowest BCUT2D eigenvalue weighted by Gasteiger charge is -2.22. The van der Waals surface area contributed by atoms with E-state index in [1.807, 2.05) is 0 Å². The summed E-state index contributed by atoms with van der Waals surface area (Å²) in [5.74, 6) is -0.381. The molecule has 0 aliphatic carbocycles. The summed E-state index contributed by atoms with van der Waals surface area (Å²) in [6, 6.07) is 6.51. The number of piperazine rings is 1. The Bertz CT molecular complexity index is 464. The van der Waals surface area contributed by atoms with E-state index in [1.165, 1.54) is 0 Å². The molecule has 18 heavy (non-hydrogen) atoms. The summed E-state index contributed by atoms with van der Waals surface area (Å²) in [6.45, 7) is 1.28. The van der Waals surface area contributed by atoms with Gasteiger partial charge in [-0.05, 0) is 12.1 Å². The van der Waals surface area contributed by atoms with E-state index in [0.29, 0.717) is 23.8 Å². The fraction of sp³-hybridized carbons (Fsp3) is 0.333. The van der Waals surface area contributed by atoms with Crippen LogP contribution >= 0.6 is 11.6 Å². The van der Waals surface area contributed by atoms with Crippen LogP contribution in [-0.2, 0) is 9.59 Å². The van der Waals surface area contributed by atoms with Gasteiger partial charge in [0.2, 0.25) is 11.8 Å². The van der Waals surface area contributed by atoms with E-state index in [4.69, 9.17) is 11.6 Å². The summed E-state index contributed by atoms with van der Waals surface area (Å²) in [7, 11) is 0. The molecule has 0 aromatic heterocycles. The van der Waals surface area contributed by atoms with Crippen molar-refractivity contribution in [3.63, 3.8) is 0 Å². The van der Waals surface area contributed by atoms with Crippen molar-refractivity contribution in [2.45, 2.75) is 12.5 Å². The van der Waals surface area contributed by atoms with Gasteiger partial charge in [-0.1, -0.05) is 23.7 Å². The average Bonchev–Trinajstić information content (AvgIpc) is 2.35. The number of nitrogens with one attached hydrogen (secondary N) is 3. The maximum Gasteiger partial charge on any atom is 0.237 e. The lowest BCUT2D eigenvalue weighted by molar-refractivity contribution is -0.127. The molecule has 96 valence electrons. The van der Waals surface area contributed by atoms with Crippen LogP contribution in [0.5, 0.6) is 0 Å². The lowest BCUT2D eigenvalue weighted by atomic mass is 10.1. The zero-order chi connectivity index (χ0) is 13.0. The van der Waals surface area contributed by atoms with Crippen molar-refractivity contribution < 1.29 is 9.59 Å². The minimum atomic E-state index is -0.471. The smallest absolute Gasteiger partial charge is 0.237 e. The normalized spacial score (nSPS) is 19.2. The molecule has 0 saturated carbocycles. The van der Waals surface area contributed by atoms with E-state index in [-0.39, 0.29) is 18.2 Å². The third kappa shape index (κ3) is 3.21. The van der Waals surface area contributed by atoms with Crippen LogP contribution in [0.15, 0.2) is 24.3 Å². The molecule has 1 aliphatic rings. The molecule has 1 saturated heterocycles. The minimum Gasteiger partial charge on any atom is -0.353 e. The van der Waals surface area contributed by atoms with Crippen molar-refractivity contribution in [2.24, 2.45) is 0 Å². The lowest BCUT2D eigenvalue weighted by Crippen LogP contribution is -2.53. The van der Waals surface area contributed by atoms with Gasteiger partial charge in [-0.2, -0.15) is 0 Å². The second-order valence-corrected chi connectivity index (χ2v) is 4.44. The molecule has 1 fully saturated rings. The van der Waals surface area contributed by atoms with Crippen LogP contribution in [0.25, 0.3) is 0 Å². The summed E-state index contributed by atoms with van der Waals surface area (Å²) in [5, 5.41) is 8.87. The highest BCUT2D eigenvalue weighted by atomic mass is 35.5. The average molecular weight is 268 g/mol. The van der Waals surface area contributed by atoms with Crippen molar-refractivity contribution in [1.29, 1.82) is 0 Å². The van der Waals surface area contributed by atoms with Gasteiger partial charge < -0.3 is 16.0 Å². The number of hydrogen-bond acceptors (Lipinski definition) is 3. The quantitative estimate of drug-likeness (QED) is 0.757. The Hall–Kier alpha value is -1.59. The van der Waals surface area contributed by atoms with Crippen LogP contribution in [0, 0.1) is 0 Å². The highest BCUT2D eigenvalue weighted by molar-refractivity contribution is 6.33. The van der Waals surface area contributed by atoms with Gasteiger partial charge in [0.15, 0.2) is 0 Å². The van der Waals surface area contributed by atoms with Crippen LogP contribution in [0.4, 0.5) is 5.69 Å². The molecule has 0 spiro atoms. The third-order valence-corrected chi connectivity index (χ3v) is 3.00. The molecule has 1 aliphatic heterocycles. The van der Waals surface area contributed by atoms with E-state index in [2.05, 4.69) is 16.0 Å². The zero-order valence-corrected chi connectivity index (χ0v) is 10.5. The third-order valence-electron chi connectivity index (χ3n) is 2.67. The summed E-state index contributed by atoms with van der Waals surface area (Å²) in [6.07, 6.45) is 0.0943. The van der Waals surface area contributed by atoms with Crippen LogP contribution < -0.4 is 16.0 Å². The predicted molar refractivity (Wildman–Crippen MR) is 69.5 cm³/mol. The van der Waals surface area contributed by atoms with Crippen molar-refractivity contribution >= 4 is 29.1 Å². The molecular formula is C12H14ClN3O2. The van der Waals surface area contributed by atoms with Gasteiger partial charge in [0.05, 0.1) is 23.2 Å². The Labute approximate surface area is 110 Å². The molecule has 2 amide bonds. The summed E-state index contributed by atoms with van der Waals surface area (Å²) in [5.41, 5.74) is 0.556. The first-order chi connectivity index (χ1) is 8.66. The SMILES string of the molecule is O=C(C[C@H]1NCCNC1=O)Nc1ccccc1Cl. The number of rotatable bonds is 3. The van der Waals surface area contributed by atoms with Gasteiger partial charge >= 0.3 is 0 Å². The number of amides is 2. The van der Waals surface area contributed by atoms with Gasteiger partial charge in [-0.3, -0.25) is 9.59 Å². The number of anilines is 1. The Morgan fingerprint density at radius 1 is 1.39 bits per heavy atom. The first-order valence-electron chi connectivity index (χ1n) is 5.72. The fourth-order valence-corrected chi connectivity index (χ4v) is 1.95. The molecule has 5 nitrogen and oxygen atoms in total. The molecule has 1 aromatic carbocycles. The molecule has 3 N–H and O–H groups in total. The standard InChI is InChI=1S/C12H14ClN3O2/c13-8-3-1-2-4-9(8)16-11(17)7-10-12(18)15-6-5-14-10/h1-4,10,14H,5-7H2,(H,15,18)(H,16,17)/t10-/m1/s1. The summed E-state index contributed by atoms with van der Waals surface area (Å²) < 4.78 is 0. The fourth-order valence-electron chi connectivity index (χ4n) is 1.76. The van der Waals surface area contributed by atoms with Crippen LogP contribution in [0.2, 0.25) is 5.02 Å². The number of para-hydroxylation sites is 1. The number of hydrogen-bond donors (Lipinski definition) is 3. The highest BCUT2D eigenvalue weighted by Gasteiger charge is 2.24. The van der Waals surface area contributed by atoms with Crippen molar-refractivity contribution in [3.05, 3.63) is 29.3 Å². The summed E-state index contributed by atoms with van der Waals surface area (Å²) >= 11 is 5.93. The maximum absolute atomic E-state index is 11.8. The predicted octanol–water partition coefficient (Wildman–Crippen LogP) is 0.757. The zero-order valence-electron chi connectivity index (χ0n) is 9.70. The molecule has 6 heteroatoms. The molecule has 2 rings (SSSR count). The van der Waals surface area contributed by atoms with Crippen molar-refractivity contribution in [3.8, 4) is 0 Å². The summed E-state index contributed by atoms with van der Waals surface area (Å²) in [4.78, 5) is 23.3. The second kappa shape index (κ2) is 5.84. The van der Waals surface area contributed by atoms with Crippen LogP contribution in [-0.4, -0.2) is 30.9 Å². The number of carbonyl (C=O) groups excluding carboxylic acids is 2.